The molecule has 0 unspecified atom stereocenters. The van der Waals surface area contributed by atoms with Crippen LogP contribution in [0.1, 0.15) is 55.9 Å². The molecular weight excluding hydrogens is 264 g/mol. The van der Waals surface area contributed by atoms with Gasteiger partial charge in [0.2, 0.25) is 11.8 Å². The maximum Gasteiger partial charge on any atom is 0.230 e. The zero-order valence-electron chi connectivity index (χ0n) is 12.7. The third kappa shape index (κ3) is 3.47. The van der Waals surface area contributed by atoms with Gasteiger partial charge in [0.15, 0.2) is 0 Å². The second-order valence-electron chi connectivity index (χ2n) is 6.04. The number of piperidine rings is 1. The fourth-order valence-electron chi connectivity index (χ4n) is 2.86. The zero-order valence-corrected chi connectivity index (χ0v) is 12.7. The molecule has 1 aliphatic heterocycles. The van der Waals surface area contributed by atoms with Gasteiger partial charge in [-0.3, -0.25) is 9.88 Å². The molecule has 112 valence electrons. The minimum absolute atomic E-state index is 0.289. The molecule has 0 aliphatic carbocycles. The second kappa shape index (κ2) is 6.35. The van der Waals surface area contributed by atoms with Crippen molar-refractivity contribution in [2.45, 2.75) is 45.1 Å². The number of aromatic nitrogens is 3. The van der Waals surface area contributed by atoms with E-state index in [9.17, 15) is 0 Å². The number of rotatable bonds is 4. The van der Waals surface area contributed by atoms with Crippen LogP contribution in [0.15, 0.2) is 28.9 Å². The van der Waals surface area contributed by atoms with Crippen LogP contribution in [0.2, 0.25) is 0 Å². The third-order valence-electron chi connectivity index (χ3n) is 4.02. The summed E-state index contributed by atoms with van der Waals surface area (Å²) < 4.78 is 5.71. The number of hydrogen-bond donors (Lipinski definition) is 0. The van der Waals surface area contributed by atoms with Gasteiger partial charge < -0.3 is 4.42 Å². The summed E-state index contributed by atoms with van der Waals surface area (Å²) in [6.45, 7) is 7.03. The topological polar surface area (TPSA) is 55.1 Å². The highest BCUT2D eigenvalue weighted by Gasteiger charge is 2.23. The van der Waals surface area contributed by atoms with Gasteiger partial charge >= 0.3 is 0 Å². The first-order valence-corrected chi connectivity index (χ1v) is 7.67. The standard InChI is InChI=1S/C16H22N4O/c1-12(2)16-19-18-15(21-16)11-20-9-3-4-14(10-20)13-5-7-17-8-6-13/h5-8,12,14H,3-4,9-11H2,1-2H3/t14-/m0/s1. The van der Waals surface area contributed by atoms with Gasteiger partial charge in [-0.15, -0.1) is 10.2 Å². The van der Waals surface area contributed by atoms with E-state index >= 15 is 0 Å². The van der Waals surface area contributed by atoms with E-state index in [-0.39, 0.29) is 5.92 Å². The molecular formula is C16H22N4O. The Hall–Kier alpha value is -1.75. The maximum absolute atomic E-state index is 5.71. The highest BCUT2D eigenvalue weighted by atomic mass is 16.4. The van der Waals surface area contributed by atoms with E-state index in [1.165, 1.54) is 18.4 Å². The molecule has 2 aromatic heterocycles. The number of nitrogens with zero attached hydrogens (tertiary/aromatic N) is 4. The molecule has 1 fully saturated rings. The number of pyridine rings is 1. The van der Waals surface area contributed by atoms with E-state index in [0.29, 0.717) is 5.92 Å². The Bertz CT molecular complexity index is 567. The van der Waals surface area contributed by atoms with Gasteiger partial charge in [0.1, 0.15) is 0 Å². The van der Waals surface area contributed by atoms with Gasteiger partial charge in [0.25, 0.3) is 0 Å². The average molecular weight is 286 g/mol. The van der Waals surface area contributed by atoms with Crippen LogP contribution in [0.4, 0.5) is 0 Å². The van der Waals surface area contributed by atoms with Crippen molar-refractivity contribution < 1.29 is 4.42 Å². The Labute approximate surface area is 125 Å². The lowest BCUT2D eigenvalue weighted by molar-refractivity contribution is 0.182. The van der Waals surface area contributed by atoms with Gasteiger partial charge in [0.05, 0.1) is 6.54 Å². The Morgan fingerprint density at radius 2 is 2.10 bits per heavy atom. The maximum atomic E-state index is 5.71. The Kier molecular flexibility index (Phi) is 4.29. The molecule has 5 heteroatoms. The van der Waals surface area contributed by atoms with Crippen molar-refractivity contribution >= 4 is 0 Å². The van der Waals surface area contributed by atoms with E-state index in [4.69, 9.17) is 4.42 Å². The first-order valence-electron chi connectivity index (χ1n) is 7.67. The molecule has 0 saturated carbocycles. The van der Waals surface area contributed by atoms with E-state index in [1.54, 1.807) is 0 Å². The summed E-state index contributed by atoms with van der Waals surface area (Å²) in [5, 5.41) is 8.27. The van der Waals surface area contributed by atoms with Crippen LogP contribution in [-0.2, 0) is 6.54 Å². The second-order valence-corrected chi connectivity index (χ2v) is 6.04. The minimum atomic E-state index is 0.289. The summed E-state index contributed by atoms with van der Waals surface area (Å²) in [4.78, 5) is 6.51. The minimum Gasteiger partial charge on any atom is -0.424 e. The van der Waals surface area contributed by atoms with E-state index in [2.05, 4.69) is 46.1 Å². The summed E-state index contributed by atoms with van der Waals surface area (Å²) in [6.07, 6.45) is 6.20. The molecule has 5 nitrogen and oxygen atoms in total. The number of hydrogen-bond acceptors (Lipinski definition) is 5. The first-order chi connectivity index (χ1) is 10.2. The summed E-state index contributed by atoms with van der Waals surface area (Å²) in [6, 6.07) is 4.25. The molecule has 1 atom stereocenters. The zero-order chi connectivity index (χ0) is 14.7. The monoisotopic (exact) mass is 286 g/mol. The van der Waals surface area contributed by atoms with Crippen molar-refractivity contribution in [1.82, 2.24) is 20.1 Å². The summed E-state index contributed by atoms with van der Waals surface area (Å²) in [5.74, 6) is 2.33. The molecule has 1 saturated heterocycles. The molecule has 0 spiro atoms. The largest absolute Gasteiger partial charge is 0.424 e. The molecule has 0 aromatic carbocycles. The molecule has 21 heavy (non-hydrogen) atoms. The van der Waals surface area contributed by atoms with Gasteiger partial charge in [-0.2, -0.15) is 0 Å². The predicted molar refractivity (Wildman–Crippen MR) is 79.9 cm³/mol. The molecule has 0 radical (unpaired) electrons. The molecule has 0 amide bonds. The van der Waals surface area contributed by atoms with Crippen LogP contribution < -0.4 is 0 Å². The first kappa shape index (κ1) is 14.2. The van der Waals surface area contributed by atoms with E-state index < -0.39 is 0 Å². The van der Waals surface area contributed by atoms with Crippen LogP contribution in [0.5, 0.6) is 0 Å². The van der Waals surface area contributed by atoms with E-state index in [0.717, 1.165) is 31.4 Å². The lowest BCUT2D eigenvalue weighted by Crippen LogP contribution is -2.34. The van der Waals surface area contributed by atoms with Crippen molar-refractivity contribution in [3.05, 3.63) is 41.9 Å². The van der Waals surface area contributed by atoms with Crippen molar-refractivity contribution in [3.8, 4) is 0 Å². The molecule has 0 bridgehead atoms. The molecule has 3 heterocycles. The summed E-state index contributed by atoms with van der Waals surface area (Å²) in [5.41, 5.74) is 1.38. The lowest BCUT2D eigenvalue weighted by Gasteiger charge is -2.31. The van der Waals surface area contributed by atoms with Crippen LogP contribution in [0.25, 0.3) is 0 Å². The van der Waals surface area contributed by atoms with Gasteiger partial charge in [0, 0.05) is 24.9 Å². The predicted octanol–water partition coefficient (Wildman–Crippen LogP) is 2.97. The molecule has 3 rings (SSSR count). The van der Waals surface area contributed by atoms with Crippen molar-refractivity contribution in [1.29, 1.82) is 0 Å². The SMILES string of the molecule is CC(C)c1nnc(CN2CCC[C@H](c3ccncc3)C2)o1. The van der Waals surface area contributed by atoms with Gasteiger partial charge in [-0.25, -0.2) is 0 Å². The Balaban J connectivity index is 1.63. The highest BCUT2D eigenvalue weighted by molar-refractivity contribution is 5.16. The van der Waals surface area contributed by atoms with Crippen LogP contribution >= 0.6 is 0 Å². The Morgan fingerprint density at radius 3 is 2.81 bits per heavy atom. The number of likely N-dealkylation sites (tertiary alicyclic amines) is 1. The summed E-state index contributed by atoms with van der Waals surface area (Å²) >= 11 is 0. The smallest absolute Gasteiger partial charge is 0.230 e. The quantitative estimate of drug-likeness (QED) is 0.865. The van der Waals surface area contributed by atoms with Crippen LogP contribution in [0.3, 0.4) is 0 Å². The highest BCUT2D eigenvalue weighted by Crippen LogP contribution is 2.27. The van der Waals surface area contributed by atoms with Crippen molar-refractivity contribution in [2.75, 3.05) is 13.1 Å². The van der Waals surface area contributed by atoms with Gasteiger partial charge in [-0.1, -0.05) is 13.8 Å². The fourth-order valence-corrected chi connectivity index (χ4v) is 2.86. The van der Waals surface area contributed by atoms with Crippen LogP contribution in [0, 0.1) is 0 Å². The Morgan fingerprint density at radius 1 is 1.29 bits per heavy atom. The molecule has 1 aliphatic rings. The average Bonchev–Trinajstić information content (AvgIpc) is 2.97. The molecule has 2 aromatic rings. The van der Waals surface area contributed by atoms with Crippen molar-refractivity contribution in [2.24, 2.45) is 0 Å². The normalized spacial score (nSPS) is 20.0. The lowest BCUT2D eigenvalue weighted by atomic mass is 9.91. The van der Waals surface area contributed by atoms with Crippen molar-refractivity contribution in [3.63, 3.8) is 0 Å². The fraction of sp³-hybridized carbons (Fsp3) is 0.562. The third-order valence-corrected chi connectivity index (χ3v) is 4.02. The summed E-state index contributed by atoms with van der Waals surface area (Å²) in [7, 11) is 0. The van der Waals surface area contributed by atoms with Crippen LogP contribution in [-0.4, -0.2) is 33.2 Å². The van der Waals surface area contributed by atoms with Gasteiger partial charge in [-0.05, 0) is 43.0 Å². The van der Waals surface area contributed by atoms with E-state index in [1.807, 2.05) is 12.4 Å². The molecule has 0 N–H and O–H groups in total.